The number of rotatable bonds is 6. The zero-order chi connectivity index (χ0) is 24.5. The molecule has 0 unspecified atom stereocenters. The molecule has 1 heterocycles. The maximum Gasteiger partial charge on any atom is 0.494 e. The smallest absolute Gasteiger partial charge is 0.399 e. The van der Waals surface area contributed by atoms with E-state index in [1.165, 1.54) is 21.5 Å². The quantitative estimate of drug-likeness (QED) is 0.269. The first-order valence-corrected chi connectivity index (χ1v) is 14.3. The van der Waals surface area contributed by atoms with Gasteiger partial charge in [-0.25, -0.2) is 0 Å². The van der Waals surface area contributed by atoms with Gasteiger partial charge in [0, 0.05) is 0 Å². The summed E-state index contributed by atoms with van der Waals surface area (Å²) in [7, 11) is -2.32. The molecule has 0 saturated carbocycles. The molecule has 0 aliphatic carbocycles. The summed E-state index contributed by atoms with van der Waals surface area (Å²) in [6.07, 6.45) is 0.929. The Labute approximate surface area is 210 Å². The third kappa shape index (κ3) is 4.50. The van der Waals surface area contributed by atoms with Crippen LogP contribution in [0.4, 0.5) is 0 Å². The topological polar surface area (TPSA) is 18.5 Å². The molecule has 35 heavy (non-hydrogen) atoms. The Hall–Kier alpha value is -2.71. The number of hydrogen-bond donors (Lipinski definition) is 0. The maximum absolute atomic E-state index is 6.38. The highest BCUT2D eigenvalue weighted by atomic mass is 31.2. The van der Waals surface area contributed by atoms with Crippen LogP contribution in [-0.2, 0) is 15.5 Å². The summed E-state index contributed by atoms with van der Waals surface area (Å²) in [5, 5.41) is 4.16. The zero-order valence-corrected chi connectivity index (χ0v) is 21.9. The minimum atomic E-state index is -1.96. The second-order valence-corrected chi connectivity index (χ2v) is 13.8. The van der Waals surface area contributed by atoms with Crippen LogP contribution in [0.1, 0.15) is 33.3 Å². The van der Waals surface area contributed by atoms with Crippen molar-refractivity contribution in [3.63, 3.8) is 0 Å². The Morgan fingerprint density at radius 2 is 1.00 bits per heavy atom. The van der Waals surface area contributed by atoms with Crippen LogP contribution >= 0.6 is 7.26 Å². The van der Waals surface area contributed by atoms with Crippen LogP contribution in [0.25, 0.3) is 0 Å². The maximum atomic E-state index is 6.38. The van der Waals surface area contributed by atoms with Gasteiger partial charge in [0.2, 0.25) is 0 Å². The largest absolute Gasteiger partial charge is 0.494 e. The molecule has 0 atom stereocenters. The lowest BCUT2D eigenvalue weighted by Gasteiger charge is -2.32. The Kier molecular flexibility index (Phi) is 6.44. The van der Waals surface area contributed by atoms with Gasteiger partial charge in [0.1, 0.15) is 23.2 Å². The highest BCUT2D eigenvalue weighted by Gasteiger charge is 2.52. The van der Waals surface area contributed by atoms with Crippen LogP contribution in [0.3, 0.4) is 0 Å². The molecule has 2 nitrogen and oxygen atoms in total. The van der Waals surface area contributed by atoms with Crippen LogP contribution < -0.4 is 21.4 Å². The highest BCUT2D eigenvalue weighted by molar-refractivity contribution is 7.95. The molecule has 1 aliphatic heterocycles. The normalized spacial score (nSPS) is 16.9. The van der Waals surface area contributed by atoms with Crippen molar-refractivity contribution in [3.05, 3.63) is 121 Å². The molecule has 1 fully saturated rings. The van der Waals surface area contributed by atoms with E-state index in [0.29, 0.717) is 0 Å². The Morgan fingerprint density at radius 1 is 0.571 bits per heavy atom. The van der Waals surface area contributed by atoms with Crippen molar-refractivity contribution in [1.82, 2.24) is 0 Å². The molecular formula is C31H33BO2P+. The van der Waals surface area contributed by atoms with Gasteiger partial charge in [0.15, 0.2) is 0 Å². The molecule has 4 aromatic rings. The molecule has 0 amide bonds. The SMILES string of the molecule is CC1(C)OB(c2cccc(C[P+](c3ccccc3)(c3ccccc3)c3ccccc3)c2)OC1(C)C. The number of benzene rings is 4. The number of hydrogen-bond acceptors (Lipinski definition) is 2. The van der Waals surface area contributed by atoms with Crippen LogP contribution in [0, 0.1) is 0 Å². The van der Waals surface area contributed by atoms with Gasteiger partial charge in [-0.3, -0.25) is 0 Å². The standard InChI is InChI=1S/C31H33BO2P/c1-30(2)31(3,4)34-32(33-30)26-16-14-15-25(23-26)24-35(27-17-8-5-9-18-27,28-19-10-6-11-20-28)29-21-12-7-13-22-29/h5-23H,24H2,1-4H3/q+1. The van der Waals surface area contributed by atoms with Crippen LogP contribution in [0.2, 0.25) is 0 Å². The third-order valence-corrected chi connectivity index (χ3v) is 11.9. The van der Waals surface area contributed by atoms with Gasteiger partial charge < -0.3 is 9.31 Å². The minimum Gasteiger partial charge on any atom is -0.399 e. The molecule has 4 heteroatoms. The van der Waals surface area contributed by atoms with Gasteiger partial charge in [-0.15, -0.1) is 0 Å². The van der Waals surface area contributed by atoms with Gasteiger partial charge in [-0.05, 0) is 75.1 Å². The van der Waals surface area contributed by atoms with Crippen molar-refractivity contribution in [3.8, 4) is 0 Å². The second kappa shape index (κ2) is 9.39. The van der Waals surface area contributed by atoms with E-state index >= 15 is 0 Å². The molecule has 1 aliphatic rings. The van der Waals surface area contributed by atoms with E-state index in [0.717, 1.165) is 11.6 Å². The first kappa shape index (κ1) is 24.0. The van der Waals surface area contributed by atoms with Crippen molar-refractivity contribution in [2.45, 2.75) is 45.1 Å². The fraction of sp³-hybridized carbons (Fsp3) is 0.226. The third-order valence-electron chi connectivity index (χ3n) is 7.49. The molecule has 176 valence electrons. The minimum absolute atomic E-state index is 0.359. The molecular weight excluding hydrogens is 446 g/mol. The van der Waals surface area contributed by atoms with E-state index in [2.05, 4.69) is 143 Å². The zero-order valence-electron chi connectivity index (χ0n) is 21.0. The van der Waals surface area contributed by atoms with Gasteiger partial charge in [0.25, 0.3) is 0 Å². The fourth-order valence-corrected chi connectivity index (χ4v) is 9.09. The second-order valence-electron chi connectivity index (χ2n) is 10.3. The van der Waals surface area contributed by atoms with Crippen molar-refractivity contribution in [2.75, 3.05) is 0 Å². The first-order valence-electron chi connectivity index (χ1n) is 12.3. The summed E-state index contributed by atoms with van der Waals surface area (Å²) < 4.78 is 12.8. The van der Waals surface area contributed by atoms with E-state index in [4.69, 9.17) is 9.31 Å². The average molecular weight is 479 g/mol. The molecule has 1 saturated heterocycles. The summed E-state index contributed by atoms with van der Waals surface area (Å²) in [5.74, 6) is 0. The Balaban J connectivity index is 1.63. The fourth-order valence-electron chi connectivity index (χ4n) is 4.86. The van der Waals surface area contributed by atoms with Crippen molar-refractivity contribution in [1.29, 1.82) is 0 Å². The first-order chi connectivity index (χ1) is 16.8. The van der Waals surface area contributed by atoms with E-state index in [1.54, 1.807) is 0 Å². The molecule has 4 aromatic carbocycles. The molecule has 0 radical (unpaired) electrons. The molecule has 5 rings (SSSR count). The van der Waals surface area contributed by atoms with Crippen molar-refractivity contribution < 1.29 is 9.31 Å². The predicted octanol–water partition coefficient (Wildman–Crippen LogP) is 5.48. The van der Waals surface area contributed by atoms with E-state index in [9.17, 15) is 0 Å². The lowest BCUT2D eigenvalue weighted by molar-refractivity contribution is 0.00578. The average Bonchev–Trinajstić information content (AvgIpc) is 3.11. The summed E-state index contributed by atoms with van der Waals surface area (Å²) in [5.41, 5.74) is 1.65. The lowest BCUT2D eigenvalue weighted by Crippen LogP contribution is -2.41. The molecule has 0 aromatic heterocycles. The highest BCUT2D eigenvalue weighted by Crippen LogP contribution is 2.58. The Bertz CT molecular complexity index is 1160. The lowest BCUT2D eigenvalue weighted by atomic mass is 9.78. The van der Waals surface area contributed by atoms with Gasteiger partial charge in [0.05, 0.1) is 17.4 Å². The van der Waals surface area contributed by atoms with E-state index in [-0.39, 0.29) is 18.3 Å². The van der Waals surface area contributed by atoms with Gasteiger partial charge in [-0.2, -0.15) is 0 Å². The molecule has 0 bridgehead atoms. The van der Waals surface area contributed by atoms with Gasteiger partial charge >= 0.3 is 7.12 Å². The summed E-state index contributed by atoms with van der Waals surface area (Å²) in [4.78, 5) is 0. The van der Waals surface area contributed by atoms with Crippen LogP contribution in [0.15, 0.2) is 115 Å². The molecule has 0 N–H and O–H groups in total. The van der Waals surface area contributed by atoms with Gasteiger partial charge in [-0.1, -0.05) is 78.9 Å². The van der Waals surface area contributed by atoms with E-state index < -0.39 is 7.26 Å². The van der Waals surface area contributed by atoms with Crippen molar-refractivity contribution in [2.24, 2.45) is 0 Å². The monoisotopic (exact) mass is 479 g/mol. The summed E-state index contributed by atoms with van der Waals surface area (Å²) >= 11 is 0. The van der Waals surface area contributed by atoms with Crippen LogP contribution in [-0.4, -0.2) is 18.3 Å². The summed E-state index contributed by atoms with van der Waals surface area (Å²) in [6, 6.07) is 41.9. The Morgan fingerprint density at radius 3 is 1.43 bits per heavy atom. The van der Waals surface area contributed by atoms with Crippen molar-refractivity contribution >= 4 is 35.8 Å². The molecule has 0 spiro atoms. The predicted molar refractivity (Wildman–Crippen MR) is 151 cm³/mol. The van der Waals surface area contributed by atoms with E-state index in [1.807, 2.05) is 0 Å². The van der Waals surface area contributed by atoms with Crippen LogP contribution in [0.5, 0.6) is 0 Å². The summed E-state index contributed by atoms with van der Waals surface area (Å²) in [6.45, 7) is 8.42.